The number of nitrogens with zero attached hydrogens (tertiary/aromatic N) is 2. The lowest BCUT2D eigenvalue weighted by molar-refractivity contribution is 0.0751. The van der Waals surface area contributed by atoms with Crippen LogP contribution in [0, 0.1) is 17.7 Å². The molecule has 1 heterocycles. The second-order valence-electron chi connectivity index (χ2n) is 7.28. The second-order valence-corrected chi connectivity index (χ2v) is 7.28. The molecule has 0 saturated heterocycles. The van der Waals surface area contributed by atoms with Gasteiger partial charge < -0.3 is 11.1 Å². The predicted molar refractivity (Wildman–Crippen MR) is 100 cm³/mol. The van der Waals surface area contributed by atoms with Gasteiger partial charge in [0.15, 0.2) is 5.69 Å². The first-order valence-corrected chi connectivity index (χ1v) is 8.99. The number of halogens is 2. The van der Waals surface area contributed by atoms with Crippen molar-refractivity contribution in [3.8, 4) is 5.69 Å². The Labute approximate surface area is 158 Å². The summed E-state index contributed by atoms with van der Waals surface area (Å²) in [5.74, 6) is 0.362. The van der Waals surface area contributed by atoms with E-state index in [1.54, 1.807) is 30.5 Å². The van der Waals surface area contributed by atoms with E-state index in [2.05, 4.69) is 10.4 Å². The number of carbonyl (C=O) groups excluding carboxylic acids is 1. The average molecular weight is 379 g/mol. The van der Waals surface area contributed by atoms with Gasteiger partial charge in [0.2, 0.25) is 0 Å². The van der Waals surface area contributed by atoms with E-state index >= 15 is 0 Å². The molecule has 5 nitrogen and oxygen atoms in total. The van der Waals surface area contributed by atoms with Crippen LogP contribution in [0.2, 0.25) is 0 Å². The summed E-state index contributed by atoms with van der Waals surface area (Å²) in [7, 11) is 0. The molecule has 2 atom stereocenters. The van der Waals surface area contributed by atoms with Crippen LogP contribution in [0.15, 0.2) is 36.5 Å². The third-order valence-corrected chi connectivity index (χ3v) is 5.60. The first-order valence-electron chi connectivity index (χ1n) is 8.99. The van der Waals surface area contributed by atoms with Crippen LogP contribution < -0.4 is 11.1 Å². The molecule has 2 saturated carbocycles. The van der Waals surface area contributed by atoms with Crippen LogP contribution in [0.3, 0.4) is 0 Å². The summed E-state index contributed by atoms with van der Waals surface area (Å²) in [4.78, 5) is 12.6. The zero-order valence-corrected chi connectivity index (χ0v) is 15.3. The zero-order chi connectivity index (χ0) is 17.4. The number of rotatable bonds is 3. The minimum Gasteiger partial charge on any atom is -0.347 e. The van der Waals surface area contributed by atoms with Crippen molar-refractivity contribution in [3.63, 3.8) is 0 Å². The van der Waals surface area contributed by atoms with Gasteiger partial charge in [-0.3, -0.25) is 4.79 Å². The fourth-order valence-electron chi connectivity index (χ4n) is 4.47. The summed E-state index contributed by atoms with van der Waals surface area (Å²) in [5.41, 5.74) is 6.80. The van der Waals surface area contributed by atoms with Gasteiger partial charge in [-0.2, -0.15) is 5.10 Å². The highest BCUT2D eigenvalue weighted by atomic mass is 35.5. The molecule has 2 aliphatic rings. The van der Waals surface area contributed by atoms with Gasteiger partial charge in [-0.05, 0) is 55.7 Å². The first kappa shape index (κ1) is 18.9. The van der Waals surface area contributed by atoms with Crippen molar-refractivity contribution >= 4 is 18.3 Å². The van der Waals surface area contributed by atoms with Crippen molar-refractivity contribution in [2.75, 3.05) is 0 Å². The number of amides is 1. The minimum absolute atomic E-state index is 0. The minimum atomic E-state index is -0.367. The summed E-state index contributed by atoms with van der Waals surface area (Å²) >= 11 is 0. The van der Waals surface area contributed by atoms with E-state index in [9.17, 15) is 9.18 Å². The van der Waals surface area contributed by atoms with E-state index in [1.165, 1.54) is 17.2 Å². The van der Waals surface area contributed by atoms with Gasteiger partial charge in [-0.1, -0.05) is 18.6 Å². The summed E-state index contributed by atoms with van der Waals surface area (Å²) in [6, 6.07) is 8.45. The average Bonchev–Trinajstić information content (AvgIpc) is 3.06. The lowest BCUT2D eigenvalue weighted by Gasteiger charge is -2.45. The van der Waals surface area contributed by atoms with Crippen LogP contribution in [0.25, 0.3) is 5.69 Å². The van der Waals surface area contributed by atoms with Gasteiger partial charge in [0.1, 0.15) is 11.5 Å². The number of carbonyl (C=O) groups is 1. The van der Waals surface area contributed by atoms with Crippen LogP contribution >= 0.6 is 12.4 Å². The Bertz CT molecular complexity index is 766. The van der Waals surface area contributed by atoms with Crippen molar-refractivity contribution in [1.29, 1.82) is 0 Å². The molecule has 0 aliphatic heterocycles. The third kappa shape index (κ3) is 3.62. The van der Waals surface area contributed by atoms with E-state index in [1.807, 2.05) is 0 Å². The maximum Gasteiger partial charge on any atom is 0.272 e. The maximum absolute atomic E-state index is 13.9. The van der Waals surface area contributed by atoms with Crippen LogP contribution in [0.1, 0.15) is 42.6 Å². The lowest BCUT2D eigenvalue weighted by atomic mass is 9.67. The normalized spacial score (nSPS) is 27.5. The number of fused-ring (bicyclic) bond motifs is 2. The summed E-state index contributed by atoms with van der Waals surface area (Å²) < 4.78 is 15.3. The van der Waals surface area contributed by atoms with Gasteiger partial charge in [0.25, 0.3) is 5.91 Å². The molecule has 3 N–H and O–H groups in total. The third-order valence-electron chi connectivity index (χ3n) is 5.60. The molecule has 2 unspecified atom stereocenters. The molecule has 1 amide bonds. The van der Waals surface area contributed by atoms with E-state index in [0.29, 0.717) is 23.2 Å². The zero-order valence-electron chi connectivity index (χ0n) is 14.5. The van der Waals surface area contributed by atoms with Crippen LogP contribution in [0.4, 0.5) is 4.39 Å². The predicted octanol–water partition coefficient (Wildman–Crippen LogP) is 3.07. The molecule has 2 aliphatic carbocycles. The van der Waals surface area contributed by atoms with E-state index < -0.39 is 0 Å². The molecule has 2 fully saturated rings. The molecular weight excluding hydrogens is 355 g/mol. The van der Waals surface area contributed by atoms with Crippen LogP contribution in [-0.2, 0) is 0 Å². The number of para-hydroxylation sites is 1. The lowest BCUT2D eigenvalue weighted by Crippen LogP contribution is -2.53. The monoisotopic (exact) mass is 378 g/mol. The van der Waals surface area contributed by atoms with Crippen molar-refractivity contribution in [2.45, 2.75) is 44.2 Å². The van der Waals surface area contributed by atoms with E-state index in [0.717, 1.165) is 25.7 Å². The standard InChI is InChI=1S/C19H23FN4O.ClH/c20-15-6-1-2-7-17(15)24-9-8-16(23-24)19(25)22-18-12-4-3-5-13(18)11-14(21)10-12;/h1-2,6-9,12-14,18H,3-5,10-11,21H2,(H,22,25);1H. The number of nitrogens with two attached hydrogens (primary N) is 1. The van der Waals surface area contributed by atoms with E-state index in [4.69, 9.17) is 5.73 Å². The van der Waals surface area contributed by atoms with E-state index in [-0.39, 0.29) is 36.2 Å². The molecule has 26 heavy (non-hydrogen) atoms. The van der Waals surface area contributed by atoms with Crippen molar-refractivity contribution < 1.29 is 9.18 Å². The van der Waals surface area contributed by atoms with Gasteiger partial charge in [-0.25, -0.2) is 9.07 Å². The first-order chi connectivity index (χ1) is 12.1. The quantitative estimate of drug-likeness (QED) is 0.862. The maximum atomic E-state index is 13.9. The summed E-state index contributed by atoms with van der Waals surface area (Å²) in [6.45, 7) is 0. The SMILES string of the molecule is Cl.NC1CC2CCCC(C1)C2NC(=O)c1ccn(-c2ccccc2F)n1. The Kier molecular flexibility index (Phi) is 5.63. The number of aromatic nitrogens is 2. The van der Waals surface area contributed by atoms with Crippen molar-refractivity contribution in [2.24, 2.45) is 17.6 Å². The largest absolute Gasteiger partial charge is 0.347 e. The molecule has 1 aromatic carbocycles. The Morgan fingerprint density at radius 2 is 1.88 bits per heavy atom. The molecule has 4 rings (SSSR count). The highest BCUT2D eigenvalue weighted by molar-refractivity contribution is 5.92. The summed E-state index contributed by atoms with van der Waals surface area (Å²) in [5, 5.41) is 7.43. The Balaban J connectivity index is 0.00000196. The molecule has 7 heteroatoms. The second kappa shape index (κ2) is 7.76. The highest BCUT2D eigenvalue weighted by Crippen LogP contribution is 2.39. The van der Waals surface area contributed by atoms with Crippen molar-refractivity contribution in [3.05, 3.63) is 48.0 Å². The molecule has 2 aromatic rings. The topological polar surface area (TPSA) is 72.9 Å². The van der Waals surface area contributed by atoms with Gasteiger partial charge in [0.05, 0.1) is 0 Å². The fourth-order valence-corrected chi connectivity index (χ4v) is 4.47. The highest BCUT2D eigenvalue weighted by Gasteiger charge is 2.40. The molecular formula is C19H24ClFN4O. The molecule has 0 radical (unpaired) electrons. The molecule has 1 aromatic heterocycles. The van der Waals surface area contributed by atoms with Gasteiger partial charge >= 0.3 is 0 Å². The molecule has 0 spiro atoms. The van der Waals surface area contributed by atoms with Gasteiger partial charge in [-0.15, -0.1) is 12.4 Å². The van der Waals surface area contributed by atoms with Gasteiger partial charge in [0, 0.05) is 18.3 Å². The smallest absolute Gasteiger partial charge is 0.272 e. The van der Waals surface area contributed by atoms with Crippen LogP contribution in [-0.4, -0.2) is 27.8 Å². The Hall–Kier alpha value is -1.92. The fraction of sp³-hybridized carbons (Fsp3) is 0.474. The Morgan fingerprint density at radius 3 is 2.58 bits per heavy atom. The summed E-state index contributed by atoms with van der Waals surface area (Å²) in [6.07, 6.45) is 7.04. The number of benzene rings is 1. The molecule has 2 bridgehead atoms. The Morgan fingerprint density at radius 1 is 1.19 bits per heavy atom. The number of hydrogen-bond acceptors (Lipinski definition) is 3. The molecule has 140 valence electrons. The number of nitrogens with one attached hydrogen (secondary N) is 1. The number of hydrogen-bond donors (Lipinski definition) is 2. The van der Waals surface area contributed by atoms with Crippen molar-refractivity contribution in [1.82, 2.24) is 15.1 Å². The van der Waals surface area contributed by atoms with Crippen LogP contribution in [0.5, 0.6) is 0 Å².